The molecule has 2 N–H and O–H groups in total. The molecule has 168 valence electrons. The number of carbonyl (C=O) groups is 2. The molecule has 1 aromatic rings. The number of carbonyl (C=O) groups excluding carboxylic acids is 2. The number of hydrogen-bond donors (Lipinski definition) is 2. The molecule has 1 aliphatic rings. The van der Waals surface area contributed by atoms with Crippen molar-refractivity contribution in [3.05, 3.63) is 28.8 Å². The van der Waals surface area contributed by atoms with Gasteiger partial charge in [-0.1, -0.05) is 17.7 Å². The van der Waals surface area contributed by atoms with Crippen molar-refractivity contribution in [3.63, 3.8) is 0 Å². The summed E-state index contributed by atoms with van der Waals surface area (Å²) in [5.41, 5.74) is 2.32. The van der Waals surface area contributed by atoms with Gasteiger partial charge < -0.3 is 20.3 Å². The number of benzene rings is 1. The summed E-state index contributed by atoms with van der Waals surface area (Å²) in [7, 11) is -0.110. The Hall–Kier alpha value is -2.01. The second kappa shape index (κ2) is 10.3. The van der Waals surface area contributed by atoms with E-state index in [4.69, 9.17) is 4.74 Å². The third-order valence-corrected chi connectivity index (χ3v) is 7.01. The van der Waals surface area contributed by atoms with E-state index >= 15 is 0 Å². The van der Waals surface area contributed by atoms with E-state index in [2.05, 4.69) is 10.6 Å². The van der Waals surface area contributed by atoms with Crippen LogP contribution in [0, 0.1) is 20.8 Å². The fourth-order valence-corrected chi connectivity index (χ4v) is 5.51. The van der Waals surface area contributed by atoms with Crippen molar-refractivity contribution in [2.45, 2.75) is 38.3 Å². The largest absolute Gasteiger partial charge is 0.360 e. The van der Waals surface area contributed by atoms with E-state index in [0.29, 0.717) is 37.2 Å². The molecule has 0 radical (unpaired) electrons. The van der Waals surface area contributed by atoms with Crippen LogP contribution in [0.3, 0.4) is 0 Å². The Morgan fingerprint density at radius 2 is 1.73 bits per heavy atom. The third-order valence-electron chi connectivity index (χ3n) is 4.81. The summed E-state index contributed by atoms with van der Waals surface area (Å²) in [6, 6.07) is 3.67. The molecule has 0 spiro atoms. The maximum Gasteiger partial charge on any atom is 0.309 e. The molecule has 1 heterocycles. The third kappa shape index (κ3) is 6.00. The minimum absolute atomic E-state index is 0.108. The number of hydrogen-bond acceptors (Lipinski definition) is 6. The van der Waals surface area contributed by atoms with Gasteiger partial charge in [-0.25, -0.2) is 8.42 Å². The van der Waals surface area contributed by atoms with Gasteiger partial charge in [-0.05, 0) is 52.4 Å². The van der Waals surface area contributed by atoms with Crippen molar-refractivity contribution in [1.29, 1.82) is 0 Å². The van der Waals surface area contributed by atoms with Crippen LogP contribution < -0.4 is 10.6 Å². The van der Waals surface area contributed by atoms with Gasteiger partial charge in [0, 0.05) is 19.6 Å². The molecule has 30 heavy (non-hydrogen) atoms. The summed E-state index contributed by atoms with van der Waals surface area (Å²) < 4.78 is 33.7. The molecule has 0 aliphatic carbocycles. The topological polar surface area (TPSA) is 108 Å². The van der Waals surface area contributed by atoms with Crippen molar-refractivity contribution >= 4 is 21.8 Å². The highest BCUT2D eigenvalue weighted by Crippen LogP contribution is 2.28. The lowest BCUT2D eigenvalue weighted by Gasteiger charge is -2.35. The zero-order chi connectivity index (χ0) is 22.5. The molecule has 1 saturated heterocycles. The average molecular weight is 441 g/mol. The molecule has 10 heteroatoms. The van der Waals surface area contributed by atoms with Gasteiger partial charge in [-0.15, -0.1) is 0 Å². The average Bonchev–Trinajstić information content (AvgIpc) is 2.64. The van der Waals surface area contributed by atoms with Crippen LogP contribution in [0.4, 0.5) is 0 Å². The van der Waals surface area contributed by atoms with Gasteiger partial charge in [0.05, 0.1) is 18.0 Å². The number of nitrogens with one attached hydrogen (secondary N) is 2. The first kappa shape index (κ1) is 24.3. The quantitative estimate of drug-likeness (QED) is 0.584. The Kier molecular flexibility index (Phi) is 8.36. The normalized spacial score (nSPS) is 17.7. The van der Waals surface area contributed by atoms with Crippen LogP contribution in [-0.2, 0) is 24.3 Å². The number of rotatable bonds is 7. The highest BCUT2D eigenvalue weighted by Gasteiger charge is 2.36. The molecule has 2 rings (SSSR count). The lowest BCUT2D eigenvalue weighted by atomic mass is 10.1. The zero-order valence-electron chi connectivity index (χ0n) is 18.3. The van der Waals surface area contributed by atoms with Crippen molar-refractivity contribution in [2.24, 2.45) is 0 Å². The Morgan fingerprint density at radius 3 is 2.33 bits per heavy atom. The van der Waals surface area contributed by atoms with Crippen LogP contribution in [0.5, 0.6) is 0 Å². The van der Waals surface area contributed by atoms with Gasteiger partial charge in [0.2, 0.25) is 10.0 Å². The van der Waals surface area contributed by atoms with Crippen molar-refractivity contribution < 1.29 is 22.7 Å². The molecular weight excluding hydrogens is 408 g/mol. The van der Waals surface area contributed by atoms with Crippen LogP contribution in [0.2, 0.25) is 0 Å². The second-order valence-electron chi connectivity index (χ2n) is 7.79. The summed E-state index contributed by atoms with van der Waals surface area (Å²) >= 11 is 0. The number of likely N-dealkylation sites (N-methyl/N-ethyl adjacent to an activating group) is 1. The number of sulfonamides is 1. The van der Waals surface area contributed by atoms with Crippen LogP contribution >= 0.6 is 0 Å². The predicted molar refractivity (Wildman–Crippen MR) is 113 cm³/mol. The van der Waals surface area contributed by atoms with E-state index in [1.165, 1.54) is 4.31 Å². The summed E-state index contributed by atoms with van der Waals surface area (Å²) in [6.45, 7) is 6.96. The first-order valence-corrected chi connectivity index (χ1v) is 11.4. The molecule has 0 aromatic heterocycles. The van der Waals surface area contributed by atoms with Crippen LogP contribution in [0.15, 0.2) is 17.0 Å². The van der Waals surface area contributed by atoms with Crippen LogP contribution in [0.1, 0.15) is 23.1 Å². The highest BCUT2D eigenvalue weighted by molar-refractivity contribution is 7.89. The zero-order valence-corrected chi connectivity index (χ0v) is 19.1. The molecule has 1 atom stereocenters. The molecule has 1 fully saturated rings. The molecule has 0 saturated carbocycles. The fourth-order valence-electron chi connectivity index (χ4n) is 3.53. The maximum absolute atomic E-state index is 13.4. The molecule has 1 aromatic carbocycles. The Bertz CT molecular complexity index is 862. The minimum Gasteiger partial charge on any atom is -0.360 e. The first-order chi connectivity index (χ1) is 14.0. The fraction of sp³-hybridized carbons (Fsp3) is 0.600. The smallest absolute Gasteiger partial charge is 0.309 e. The molecule has 0 unspecified atom stereocenters. The number of nitrogens with zero attached hydrogens (tertiary/aromatic N) is 2. The Balaban J connectivity index is 2.10. The molecule has 1 aliphatic heterocycles. The van der Waals surface area contributed by atoms with Gasteiger partial charge in [-0.3, -0.25) is 9.59 Å². The van der Waals surface area contributed by atoms with Crippen molar-refractivity contribution in [2.75, 3.05) is 46.9 Å². The van der Waals surface area contributed by atoms with Gasteiger partial charge in [0.25, 0.3) is 0 Å². The van der Waals surface area contributed by atoms with Crippen LogP contribution in [-0.4, -0.2) is 82.5 Å². The van der Waals surface area contributed by atoms with E-state index in [0.717, 1.165) is 5.56 Å². The van der Waals surface area contributed by atoms with Gasteiger partial charge in [0.15, 0.2) is 0 Å². The summed E-state index contributed by atoms with van der Waals surface area (Å²) in [4.78, 5) is 26.1. The molecule has 0 bridgehead atoms. The van der Waals surface area contributed by atoms with E-state index in [1.807, 2.05) is 38.1 Å². The molecular formula is C20H32N4O5S. The van der Waals surface area contributed by atoms with Gasteiger partial charge >= 0.3 is 11.8 Å². The minimum atomic E-state index is -3.83. The van der Waals surface area contributed by atoms with E-state index < -0.39 is 28.1 Å². The first-order valence-electron chi connectivity index (χ1n) is 9.96. The second-order valence-corrected chi connectivity index (χ2v) is 9.62. The number of ether oxygens (including phenoxy) is 1. The van der Waals surface area contributed by atoms with Crippen molar-refractivity contribution in [3.8, 4) is 0 Å². The number of aryl methyl sites for hydroxylation is 3. The lowest BCUT2D eigenvalue weighted by molar-refractivity contribution is -0.140. The van der Waals surface area contributed by atoms with Gasteiger partial charge in [0.1, 0.15) is 6.23 Å². The van der Waals surface area contributed by atoms with E-state index in [-0.39, 0.29) is 18.0 Å². The van der Waals surface area contributed by atoms with Crippen molar-refractivity contribution in [1.82, 2.24) is 19.8 Å². The van der Waals surface area contributed by atoms with E-state index in [1.54, 1.807) is 13.8 Å². The van der Waals surface area contributed by atoms with Crippen LogP contribution in [0.25, 0.3) is 0 Å². The standard InChI is InChI=1S/C20H32N4O5S/c1-14-11-15(2)18(16(3)12-14)30(27,28)24-8-6-10-29-17(24)13-22-20(26)19(25)21-7-9-23(4)5/h11-12,17H,6-10,13H2,1-5H3,(H,21,25)(H,22,26)/t17-/m1/s1. The molecule has 2 amide bonds. The Labute approximate surface area is 178 Å². The van der Waals surface area contributed by atoms with Gasteiger partial charge in [-0.2, -0.15) is 4.31 Å². The SMILES string of the molecule is Cc1cc(C)c(S(=O)(=O)N2CCCO[C@@H]2CNC(=O)C(=O)NCCN(C)C)c(C)c1. The maximum atomic E-state index is 13.4. The van der Waals surface area contributed by atoms with E-state index in [9.17, 15) is 18.0 Å². The molecule has 9 nitrogen and oxygen atoms in total. The summed E-state index contributed by atoms with van der Waals surface area (Å²) in [6.07, 6.45) is -0.319. The monoisotopic (exact) mass is 440 g/mol. The predicted octanol–water partition coefficient (Wildman–Crippen LogP) is 0.143. The number of amides is 2. The summed E-state index contributed by atoms with van der Waals surface area (Å²) in [5, 5.41) is 5.01. The highest BCUT2D eigenvalue weighted by atomic mass is 32.2. The lowest BCUT2D eigenvalue weighted by Crippen LogP contribution is -2.53. The summed E-state index contributed by atoms with van der Waals surface area (Å²) in [5.74, 6) is -1.57. The Morgan fingerprint density at radius 1 is 1.13 bits per heavy atom.